The van der Waals surface area contributed by atoms with Crippen LogP contribution in [0.2, 0.25) is 0 Å². The minimum atomic E-state index is -0.733. The fourth-order valence-electron chi connectivity index (χ4n) is 2.41. The maximum atomic E-state index is 11.1. The van der Waals surface area contributed by atoms with Crippen LogP contribution in [0.3, 0.4) is 0 Å². The summed E-state index contributed by atoms with van der Waals surface area (Å²) in [4.78, 5) is 51.9. The Kier molecular flexibility index (Phi) is 10.6. The Morgan fingerprint density at radius 2 is 0.963 bits per heavy atom. The Hall–Kier alpha value is -2.76. The van der Waals surface area contributed by atoms with Crippen LogP contribution in [-0.2, 0) is 36.2 Å². The van der Waals surface area contributed by atoms with Crippen LogP contribution in [0.5, 0.6) is 0 Å². The van der Waals surface area contributed by atoms with Crippen molar-refractivity contribution in [1.82, 2.24) is 9.97 Å². The zero-order valence-corrected chi connectivity index (χ0v) is 16.0. The van der Waals surface area contributed by atoms with E-state index in [1.54, 1.807) is 49.1 Å². The largest absolute Gasteiger partial charge is 2.00 e. The zero-order valence-electron chi connectivity index (χ0n) is 15.0. The number of hydrogen-bond acceptors (Lipinski definition) is 6. The Labute approximate surface area is 169 Å². The molecule has 0 aliphatic heterocycles. The van der Waals surface area contributed by atoms with Gasteiger partial charge in [0.1, 0.15) is 11.6 Å². The number of ketones is 4. The van der Waals surface area contributed by atoms with Gasteiger partial charge in [-0.1, -0.05) is 0 Å². The van der Waals surface area contributed by atoms with E-state index >= 15 is 0 Å². The van der Waals surface area contributed by atoms with E-state index in [2.05, 4.69) is 23.8 Å². The van der Waals surface area contributed by atoms with Crippen LogP contribution >= 0.6 is 0 Å². The maximum absolute atomic E-state index is 11.1. The molecule has 2 aromatic rings. The number of carbonyl (C=O) groups is 4. The van der Waals surface area contributed by atoms with E-state index in [1.807, 2.05) is 0 Å². The molecular formula is C20H20CuN2O4. The van der Waals surface area contributed by atoms with Gasteiger partial charge < -0.3 is 23.4 Å². The number of pyridine rings is 2. The summed E-state index contributed by atoms with van der Waals surface area (Å²) in [5.41, 5.74) is 1.31. The van der Waals surface area contributed by atoms with E-state index in [9.17, 15) is 19.2 Å². The summed E-state index contributed by atoms with van der Waals surface area (Å²) in [5, 5.41) is 0. The van der Waals surface area contributed by atoms with Gasteiger partial charge in [-0.3, -0.25) is 19.6 Å². The van der Waals surface area contributed by atoms with Gasteiger partial charge >= 0.3 is 17.1 Å². The van der Waals surface area contributed by atoms with Gasteiger partial charge in [0.15, 0.2) is 0 Å². The first-order valence-electron chi connectivity index (χ1n) is 7.78. The van der Waals surface area contributed by atoms with Crippen molar-refractivity contribution in [2.75, 3.05) is 0 Å². The van der Waals surface area contributed by atoms with E-state index in [0.29, 0.717) is 11.1 Å². The van der Waals surface area contributed by atoms with E-state index in [-0.39, 0.29) is 40.2 Å². The van der Waals surface area contributed by atoms with E-state index in [4.69, 9.17) is 0 Å². The van der Waals surface area contributed by atoms with Crippen LogP contribution < -0.4 is 0 Å². The second-order valence-corrected chi connectivity index (χ2v) is 5.58. The fraction of sp³-hybridized carbons (Fsp3) is 0.200. The molecule has 2 heterocycles. The van der Waals surface area contributed by atoms with Crippen LogP contribution in [0.15, 0.2) is 49.1 Å². The first-order chi connectivity index (χ1) is 12.3. The van der Waals surface area contributed by atoms with Gasteiger partial charge in [-0.2, -0.15) is 0 Å². The first kappa shape index (κ1) is 24.2. The molecule has 27 heavy (non-hydrogen) atoms. The molecule has 0 aromatic carbocycles. The first-order valence-corrected chi connectivity index (χ1v) is 7.78. The van der Waals surface area contributed by atoms with Gasteiger partial charge in [0, 0.05) is 36.4 Å². The van der Waals surface area contributed by atoms with Crippen molar-refractivity contribution in [3.8, 4) is 0 Å². The minimum absolute atomic E-state index is 0. The van der Waals surface area contributed by atoms with Crippen LogP contribution in [0, 0.1) is 13.8 Å². The summed E-state index contributed by atoms with van der Waals surface area (Å²) >= 11 is 0. The fourth-order valence-corrected chi connectivity index (χ4v) is 2.41. The Morgan fingerprint density at radius 1 is 0.704 bits per heavy atom. The Balaban J connectivity index is 0.000000483. The van der Waals surface area contributed by atoms with Crippen LogP contribution in [0.4, 0.5) is 0 Å². The topological polar surface area (TPSA) is 94.1 Å². The van der Waals surface area contributed by atoms with E-state index in [1.165, 1.54) is 13.8 Å². The van der Waals surface area contributed by atoms with Gasteiger partial charge in [-0.25, -0.2) is 0 Å². The molecule has 0 saturated heterocycles. The zero-order chi connectivity index (χ0) is 19.7. The average molecular weight is 416 g/mol. The third-order valence-electron chi connectivity index (χ3n) is 3.54. The van der Waals surface area contributed by atoms with Crippen LogP contribution in [-0.4, -0.2) is 33.1 Å². The van der Waals surface area contributed by atoms with Crippen molar-refractivity contribution < 1.29 is 36.2 Å². The molecule has 1 radical (unpaired) electrons. The molecule has 145 valence electrons. The number of aromatic nitrogens is 2. The molecule has 0 bridgehead atoms. The average Bonchev–Trinajstić information content (AvgIpc) is 2.56. The van der Waals surface area contributed by atoms with Crippen LogP contribution in [0.25, 0.3) is 0 Å². The number of rotatable bonds is 6. The molecule has 0 aliphatic rings. The summed E-state index contributed by atoms with van der Waals surface area (Å²) in [6.07, 6.45) is 6.20. The predicted octanol–water partition coefficient (Wildman–Crippen LogP) is 2.31. The van der Waals surface area contributed by atoms with Crippen LogP contribution in [0.1, 0.15) is 36.8 Å². The van der Waals surface area contributed by atoms with Gasteiger partial charge in [0.2, 0.25) is 0 Å². The van der Waals surface area contributed by atoms with Gasteiger partial charge in [-0.05, 0) is 49.2 Å². The number of nitrogens with zero attached hydrogens (tertiary/aromatic N) is 2. The molecule has 0 aliphatic carbocycles. The standard InChI is InChI=1S/2C10H10NO2.Cu/c2*1-7(12)10(8(2)13)9-3-5-11-6-4-9;/h2*3-6,10H,1H2,2H3;/q2*-1;+2. The summed E-state index contributed by atoms with van der Waals surface area (Å²) in [6, 6.07) is 6.59. The van der Waals surface area contributed by atoms with Gasteiger partial charge in [0.25, 0.3) is 0 Å². The quantitative estimate of drug-likeness (QED) is 0.408. The molecular weight excluding hydrogens is 396 g/mol. The van der Waals surface area contributed by atoms with Crippen molar-refractivity contribution in [3.05, 3.63) is 74.0 Å². The molecule has 0 fully saturated rings. The number of hydrogen-bond donors (Lipinski definition) is 0. The van der Waals surface area contributed by atoms with Crippen molar-refractivity contribution >= 4 is 23.1 Å². The Bertz CT molecular complexity index is 684. The molecule has 6 nitrogen and oxygen atoms in total. The smallest absolute Gasteiger partial charge is 0.338 e. The molecule has 0 spiro atoms. The molecule has 7 heteroatoms. The van der Waals surface area contributed by atoms with E-state index < -0.39 is 11.8 Å². The predicted molar refractivity (Wildman–Crippen MR) is 96.0 cm³/mol. The van der Waals surface area contributed by atoms with Gasteiger partial charge in [0.05, 0.1) is 11.8 Å². The normalized spacial score (nSPS) is 11.6. The Morgan fingerprint density at radius 3 is 1.15 bits per heavy atom. The summed E-state index contributed by atoms with van der Waals surface area (Å²) in [5.74, 6) is -2.60. The molecule has 2 rings (SSSR count). The summed E-state index contributed by atoms with van der Waals surface area (Å²) < 4.78 is 0. The van der Waals surface area contributed by atoms with Crippen molar-refractivity contribution in [3.63, 3.8) is 0 Å². The molecule has 0 N–H and O–H groups in total. The summed E-state index contributed by atoms with van der Waals surface area (Å²) in [7, 11) is 0. The molecule has 0 amide bonds. The van der Waals surface area contributed by atoms with Crippen molar-refractivity contribution in [2.24, 2.45) is 0 Å². The molecule has 0 saturated carbocycles. The second kappa shape index (κ2) is 11.8. The molecule has 2 unspecified atom stereocenters. The van der Waals surface area contributed by atoms with E-state index in [0.717, 1.165) is 0 Å². The SMILES string of the molecule is [CH2-]C(=O)C(C(C)=O)c1ccncc1.[CH2-]C(=O)C(C(C)=O)c1ccncc1.[Cu+2]. The number of Topliss-reactive ketones (excluding diaryl/α,β-unsaturated/α-hetero) is 4. The third kappa shape index (κ3) is 7.56. The monoisotopic (exact) mass is 415 g/mol. The number of carbonyl (C=O) groups excluding carboxylic acids is 4. The third-order valence-corrected chi connectivity index (χ3v) is 3.54. The molecule has 2 aromatic heterocycles. The second-order valence-electron chi connectivity index (χ2n) is 5.58. The van der Waals surface area contributed by atoms with Gasteiger partial charge in [-0.15, -0.1) is 0 Å². The van der Waals surface area contributed by atoms with Crippen molar-refractivity contribution in [1.29, 1.82) is 0 Å². The van der Waals surface area contributed by atoms with Crippen molar-refractivity contribution in [2.45, 2.75) is 25.7 Å². The maximum Gasteiger partial charge on any atom is 2.00 e. The summed E-state index contributed by atoms with van der Waals surface area (Å²) in [6.45, 7) is 9.28. The molecule has 2 atom stereocenters. The minimum Gasteiger partial charge on any atom is -0.338 e.